The van der Waals surface area contributed by atoms with Crippen LogP contribution in [0.15, 0.2) is 0 Å². The van der Waals surface area contributed by atoms with E-state index in [0.717, 1.165) is 37.9 Å². The molecule has 0 aromatic rings. The summed E-state index contributed by atoms with van der Waals surface area (Å²) in [6, 6.07) is 2.33. The highest BCUT2D eigenvalue weighted by molar-refractivity contribution is 4.91. The van der Waals surface area contributed by atoms with Crippen LogP contribution in [0.3, 0.4) is 0 Å². The van der Waals surface area contributed by atoms with Crippen molar-refractivity contribution in [1.82, 2.24) is 0 Å². The van der Waals surface area contributed by atoms with Crippen molar-refractivity contribution >= 4 is 0 Å². The van der Waals surface area contributed by atoms with Gasteiger partial charge in [-0.25, -0.2) is 0 Å². The van der Waals surface area contributed by atoms with E-state index in [9.17, 15) is 0 Å². The van der Waals surface area contributed by atoms with Crippen molar-refractivity contribution in [3.05, 3.63) is 0 Å². The molecule has 2 nitrogen and oxygen atoms in total. The highest BCUT2D eigenvalue weighted by Gasteiger charge is 2.19. The molecular formula is C15H27NO. The summed E-state index contributed by atoms with van der Waals surface area (Å²) >= 11 is 0. The van der Waals surface area contributed by atoms with E-state index in [-0.39, 0.29) is 5.41 Å². The van der Waals surface area contributed by atoms with Gasteiger partial charge in [0.25, 0.3) is 0 Å². The van der Waals surface area contributed by atoms with Gasteiger partial charge in [-0.2, -0.15) is 5.26 Å². The fraction of sp³-hybridized carbons (Fsp3) is 0.933. The van der Waals surface area contributed by atoms with Gasteiger partial charge in [0, 0.05) is 13.2 Å². The summed E-state index contributed by atoms with van der Waals surface area (Å²) in [5.41, 5.74) is -0.192. The maximum Gasteiger partial charge on any atom is 0.0683 e. The number of hydrogen-bond donors (Lipinski definition) is 0. The molecule has 98 valence electrons. The first-order valence-corrected chi connectivity index (χ1v) is 7.02. The molecule has 17 heavy (non-hydrogen) atoms. The van der Waals surface area contributed by atoms with E-state index in [0.29, 0.717) is 0 Å². The average molecular weight is 237 g/mol. The molecule has 2 heteroatoms. The molecule has 1 fully saturated rings. The zero-order valence-electron chi connectivity index (χ0n) is 11.7. The summed E-state index contributed by atoms with van der Waals surface area (Å²) in [5.74, 6) is 1.66. The zero-order valence-corrected chi connectivity index (χ0v) is 11.7. The second kappa shape index (κ2) is 7.01. The Morgan fingerprint density at radius 1 is 1.35 bits per heavy atom. The van der Waals surface area contributed by atoms with E-state index in [1.165, 1.54) is 25.7 Å². The third-order valence-electron chi connectivity index (χ3n) is 3.79. The molecule has 1 aliphatic carbocycles. The fourth-order valence-electron chi connectivity index (χ4n) is 2.63. The first kappa shape index (κ1) is 14.5. The van der Waals surface area contributed by atoms with Crippen molar-refractivity contribution in [2.75, 3.05) is 13.2 Å². The van der Waals surface area contributed by atoms with Crippen LogP contribution >= 0.6 is 0 Å². The summed E-state index contributed by atoms with van der Waals surface area (Å²) in [4.78, 5) is 0. The Bertz CT molecular complexity index is 254. The van der Waals surface area contributed by atoms with Crippen LogP contribution in [0, 0.1) is 28.6 Å². The molecule has 0 heterocycles. The molecule has 0 aromatic carbocycles. The standard InChI is InChI=1S/C15H27NO/c1-13-6-4-7-14(10-13)11-17-9-5-8-15(2,3)12-16/h13-14H,4-11H2,1-3H3. The van der Waals surface area contributed by atoms with E-state index in [1.807, 2.05) is 13.8 Å². The Labute approximate surface area is 106 Å². The van der Waals surface area contributed by atoms with Gasteiger partial charge in [-0.3, -0.25) is 0 Å². The van der Waals surface area contributed by atoms with Crippen LogP contribution in [0.4, 0.5) is 0 Å². The Hall–Kier alpha value is -0.550. The van der Waals surface area contributed by atoms with Gasteiger partial charge in [-0.05, 0) is 51.4 Å². The predicted molar refractivity (Wildman–Crippen MR) is 70.6 cm³/mol. The minimum absolute atomic E-state index is 0.192. The molecule has 2 unspecified atom stereocenters. The molecule has 0 aromatic heterocycles. The first-order chi connectivity index (χ1) is 8.03. The highest BCUT2D eigenvalue weighted by Crippen LogP contribution is 2.28. The smallest absolute Gasteiger partial charge is 0.0683 e. The van der Waals surface area contributed by atoms with Crippen molar-refractivity contribution in [3.8, 4) is 6.07 Å². The lowest BCUT2D eigenvalue weighted by Crippen LogP contribution is -2.19. The van der Waals surface area contributed by atoms with Crippen LogP contribution < -0.4 is 0 Å². The molecule has 0 aliphatic heterocycles. The lowest BCUT2D eigenvalue weighted by atomic mass is 9.83. The van der Waals surface area contributed by atoms with Crippen LogP contribution in [0.5, 0.6) is 0 Å². The summed E-state index contributed by atoms with van der Waals surface area (Å²) in [5, 5.41) is 8.89. The largest absolute Gasteiger partial charge is 0.381 e. The number of hydrogen-bond acceptors (Lipinski definition) is 2. The van der Waals surface area contributed by atoms with Crippen molar-refractivity contribution in [2.24, 2.45) is 17.3 Å². The number of ether oxygens (including phenoxy) is 1. The van der Waals surface area contributed by atoms with Gasteiger partial charge in [-0.15, -0.1) is 0 Å². The Balaban J connectivity index is 2.03. The van der Waals surface area contributed by atoms with E-state index in [1.54, 1.807) is 0 Å². The van der Waals surface area contributed by atoms with Gasteiger partial charge >= 0.3 is 0 Å². The molecule has 0 spiro atoms. The van der Waals surface area contributed by atoms with Crippen molar-refractivity contribution < 1.29 is 4.74 Å². The van der Waals surface area contributed by atoms with Crippen LogP contribution in [0.2, 0.25) is 0 Å². The maximum atomic E-state index is 8.89. The Morgan fingerprint density at radius 3 is 2.76 bits per heavy atom. The average Bonchev–Trinajstić information content (AvgIpc) is 2.29. The van der Waals surface area contributed by atoms with Crippen LogP contribution in [0.25, 0.3) is 0 Å². The normalized spacial score (nSPS) is 25.5. The van der Waals surface area contributed by atoms with Gasteiger partial charge in [0.05, 0.1) is 11.5 Å². The van der Waals surface area contributed by atoms with Gasteiger partial charge in [0.1, 0.15) is 0 Å². The monoisotopic (exact) mass is 237 g/mol. The Kier molecular flexibility index (Phi) is 5.98. The second-order valence-corrected chi connectivity index (χ2v) is 6.31. The maximum absolute atomic E-state index is 8.89. The Morgan fingerprint density at radius 2 is 2.12 bits per heavy atom. The SMILES string of the molecule is CC1CCCC(COCCCC(C)(C)C#N)C1. The molecular weight excluding hydrogens is 210 g/mol. The van der Waals surface area contributed by atoms with Gasteiger partial charge < -0.3 is 4.74 Å². The van der Waals surface area contributed by atoms with Crippen LogP contribution in [0.1, 0.15) is 59.3 Å². The minimum atomic E-state index is -0.192. The molecule has 0 bridgehead atoms. The molecule has 1 aliphatic rings. The van der Waals surface area contributed by atoms with Gasteiger partial charge in [-0.1, -0.05) is 19.8 Å². The molecule has 0 saturated heterocycles. The van der Waals surface area contributed by atoms with Gasteiger partial charge in [0.2, 0.25) is 0 Å². The quantitative estimate of drug-likeness (QED) is 0.650. The summed E-state index contributed by atoms with van der Waals surface area (Å²) < 4.78 is 5.75. The second-order valence-electron chi connectivity index (χ2n) is 6.31. The van der Waals surface area contributed by atoms with E-state index in [4.69, 9.17) is 10.00 Å². The fourth-order valence-corrected chi connectivity index (χ4v) is 2.63. The molecule has 1 rings (SSSR count). The lowest BCUT2D eigenvalue weighted by Gasteiger charge is -2.26. The molecule has 0 radical (unpaired) electrons. The lowest BCUT2D eigenvalue weighted by molar-refractivity contribution is 0.0713. The minimum Gasteiger partial charge on any atom is -0.381 e. The third kappa shape index (κ3) is 6.07. The summed E-state index contributed by atoms with van der Waals surface area (Å²) in [6.07, 6.45) is 7.38. The number of rotatable bonds is 6. The molecule has 2 atom stereocenters. The number of nitriles is 1. The molecule has 0 N–H and O–H groups in total. The van der Waals surface area contributed by atoms with E-state index >= 15 is 0 Å². The highest BCUT2D eigenvalue weighted by atomic mass is 16.5. The predicted octanol–water partition coefficient (Wildman–Crippen LogP) is 4.16. The first-order valence-electron chi connectivity index (χ1n) is 7.02. The topological polar surface area (TPSA) is 33.0 Å². The van der Waals surface area contributed by atoms with Gasteiger partial charge in [0.15, 0.2) is 0 Å². The van der Waals surface area contributed by atoms with Crippen LogP contribution in [-0.4, -0.2) is 13.2 Å². The van der Waals surface area contributed by atoms with Crippen molar-refractivity contribution in [1.29, 1.82) is 5.26 Å². The summed E-state index contributed by atoms with van der Waals surface area (Å²) in [6.45, 7) is 8.08. The van der Waals surface area contributed by atoms with E-state index < -0.39 is 0 Å². The third-order valence-corrected chi connectivity index (χ3v) is 3.79. The molecule has 1 saturated carbocycles. The molecule has 0 amide bonds. The summed E-state index contributed by atoms with van der Waals surface area (Å²) in [7, 11) is 0. The zero-order chi connectivity index (χ0) is 12.7. The van der Waals surface area contributed by atoms with E-state index in [2.05, 4.69) is 13.0 Å². The number of nitrogens with zero attached hydrogens (tertiary/aromatic N) is 1. The van der Waals surface area contributed by atoms with Crippen molar-refractivity contribution in [3.63, 3.8) is 0 Å². The van der Waals surface area contributed by atoms with Crippen molar-refractivity contribution in [2.45, 2.75) is 59.3 Å². The van der Waals surface area contributed by atoms with Crippen LogP contribution in [-0.2, 0) is 4.74 Å².